The summed E-state index contributed by atoms with van der Waals surface area (Å²) in [6.07, 6.45) is 0. The first-order valence-corrected chi connectivity index (χ1v) is 6.91. The van der Waals surface area contributed by atoms with Gasteiger partial charge in [0.15, 0.2) is 11.0 Å². The van der Waals surface area contributed by atoms with Gasteiger partial charge in [-0.1, -0.05) is 28.1 Å². The van der Waals surface area contributed by atoms with Gasteiger partial charge < -0.3 is 10.6 Å². The summed E-state index contributed by atoms with van der Waals surface area (Å²) in [5, 5.41) is 7.78. The summed E-state index contributed by atoms with van der Waals surface area (Å²) >= 11 is 3.48. The van der Waals surface area contributed by atoms with Crippen molar-refractivity contribution in [2.75, 3.05) is 17.7 Å². The molecule has 0 spiro atoms. The monoisotopic (exact) mass is 332 g/mol. The van der Waals surface area contributed by atoms with E-state index < -0.39 is 0 Å². The molecule has 5 nitrogen and oxygen atoms in total. The van der Waals surface area contributed by atoms with Crippen LogP contribution in [0, 0.1) is 0 Å². The number of hydrogen-bond acceptors (Lipinski definition) is 5. The third kappa shape index (κ3) is 2.34. The predicted molar refractivity (Wildman–Crippen MR) is 82.5 cm³/mol. The Morgan fingerprint density at radius 2 is 2.00 bits per heavy atom. The fourth-order valence-corrected chi connectivity index (χ4v) is 2.62. The number of hydrogen-bond donors (Lipinski definition) is 1. The third-order valence-corrected chi connectivity index (χ3v) is 3.64. The quantitative estimate of drug-likeness (QED) is 0.746. The van der Waals surface area contributed by atoms with Crippen LogP contribution in [-0.4, -0.2) is 17.4 Å². The van der Waals surface area contributed by atoms with Gasteiger partial charge in [-0.25, -0.2) is 4.63 Å². The van der Waals surface area contributed by atoms with Gasteiger partial charge in [-0.3, -0.25) is 0 Å². The highest BCUT2D eigenvalue weighted by Crippen LogP contribution is 2.28. The zero-order chi connectivity index (χ0) is 14.1. The first kappa shape index (κ1) is 12.9. The fourth-order valence-electron chi connectivity index (χ4n) is 2.17. The average molecular weight is 333 g/mol. The predicted octanol–water partition coefficient (Wildman–Crippen LogP) is 3.20. The van der Waals surface area contributed by atoms with Gasteiger partial charge >= 0.3 is 0 Å². The number of rotatable bonds is 3. The van der Waals surface area contributed by atoms with E-state index in [1.54, 1.807) is 0 Å². The van der Waals surface area contributed by atoms with Crippen LogP contribution in [0.3, 0.4) is 0 Å². The van der Waals surface area contributed by atoms with Crippen molar-refractivity contribution in [3.8, 4) is 0 Å². The number of nitrogens with two attached hydrogens (primary N) is 1. The molecular weight excluding hydrogens is 320 g/mol. The Balaban J connectivity index is 1.95. The molecule has 0 aliphatic rings. The number of nitrogens with zero attached hydrogens (tertiary/aromatic N) is 3. The van der Waals surface area contributed by atoms with Crippen LogP contribution in [0.2, 0.25) is 0 Å². The van der Waals surface area contributed by atoms with Crippen molar-refractivity contribution in [2.24, 2.45) is 0 Å². The molecule has 0 atom stereocenters. The first-order chi connectivity index (χ1) is 9.65. The highest BCUT2D eigenvalue weighted by molar-refractivity contribution is 9.10. The lowest BCUT2D eigenvalue weighted by Gasteiger charge is -2.19. The summed E-state index contributed by atoms with van der Waals surface area (Å²) < 4.78 is 5.86. The van der Waals surface area contributed by atoms with Crippen molar-refractivity contribution in [3.63, 3.8) is 0 Å². The molecule has 0 saturated carbocycles. The minimum atomic E-state index is 0.570. The molecular formula is C14H13BrN4O. The van der Waals surface area contributed by atoms with Gasteiger partial charge in [-0.05, 0) is 40.1 Å². The Morgan fingerprint density at radius 3 is 2.80 bits per heavy atom. The Labute approximate surface area is 124 Å². The second kappa shape index (κ2) is 5.13. The number of aromatic nitrogens is 2. The molecule has 102 valence electrons. The van der Waals surface area contributed by atoms with Crippen LogP contribution in [0.4, 0.5) is 11.4 Å². The van der Waals surface area contributed by atoms with E-state index in [0.29, 0.717) is 16.7 Å². The molecule has 0 fully saturated rings. The number of fused-ring (bicyclic) bond motifs is 1. The van der Waals surface area contributed by atoms with E-state index in [2.05, 4.69) is 43.3 Å². The standard InChI is InChI=1S/C14H13BrN4O/c1-19(8-9-3-2-4-10(15)7-9)12-6-5-11(16)13-14(12)18-20-17-13/h2-7H,8,16H2,1H3. The molecule has 2 aromatic carbocycles. The first-order valence-electron chi connectivity index (χ1n) is 6.11. The van der Waals surface area contributed by atoms with Gasteiger partial charge in [0.05, 0.1) is 11.4 Å². The molecule has 20 heavy (non-hydrogen) atoms. The lowest BCUT2D eigenvalue weighted by Crippen LogP contribution is -2.16. The van der Waals surface area contributed by atoms with Crippen molar-refractivity contribution in [1.82, 2.24) is 10.3 Å². The average Bonchev–Trinajstić information content (AvgIpc) is 2.89. The molecule has 3 aromatic rings. The summed E-state index contributed by atoms with van der Waals surface area (Å²) in [7, 11) is 2.00. The van der Waals surface area contributed by atoms with Crippen LogP contribution in [0.25, 0.3) is 11.0 Å². The molecule has 0 unspecified atom stereocenters. The molecule has 0 saturated heterocycles. The van der Waals surface area contributed by atoms with E-state index in [-0.39, 0.29) is 0 Å². The van der Waals surface area contributed by atoms with E-state index in [4.69, 9.17) is 10.4 Å². The van der Waals surface area contributed by atoms with Gasteiger partial charge in [-0.15, -0.1) is 0 Å². The van der Waals surface area contributed by atoms with Gasteiger partial charge in [0.1, 0.15) is 0 Å². The van der Waals surface area contributed by atoms with Crippen molar-refractivity contribution in [3.05, 3.63) is 46.4 Å². The summed E-state index contributed by atoms with van der Waals surface area (Å²) in [6.45, 7) is 0.755. The van der Waals surface area contributed by atoms with E-state index in [0.717, 1.165) is 16.7 Å². The maximum atomic E-state index is 5.85. The molecule has 1 aromatic heterocycles. The van der Waals surface area contributed by atoms with E-state index in [1.165, 1.54) is 5.56 Å². The van der Waals surface area contributed by atoms with Crippen molar-refractivity contribution >= 4 is 38.3 Å². The summed E-state index contributed by atoms with van der Waals surface area (Å²) in [4.78, 5) is 2.09. The smallest absolute Gasteiger partial charge is 0.160 e. The van der Waals surface area contributed by atoms with Crippen LogP contribution in [0.15, 0.2) is 45.5 Å². The number of benzene rings is 2. The summed E-state index contributed by atoms with van der Waals surface area (Å²) in [5.74, 6) is 0. The Bertz CT molecular complexity index is 756. The minimum absolute atomic E-state index is 0.570. The third-order valence-electron chi connectivity index (χ3n) is 3.15. The Hall–Kier alpha value is -2.08. The zero-order valence-electron chi connectivity index (χ0n) is 10.9. The molecule has 2 N–H and O–H groups in total. The Morgan fingerprint density at radius 1 is 1.20 bits per heavy atom. The second-order valence-corrected chi connectivity index (χ2v) is 5.54. The number of nitrogen functional groups attached to an aromatic ring is 1. The van der Waals surface area contributed by atoms with Crippen molar-refractivity contribution in [1.29, 1.82) is 0 Å². The normalized spacial score (nSPS) is 10.9. The molecule has 1 heterocycles. The maximum Gasteiger partial charge on any atom is 0.160 e. The SMILES string of the molecule is CN(Cc1cccc(Br)c1)c1ccc(N)c2nonc12. The Kier molecular flexibility index (Phi) is 3.31. The van der Waals surface area contributed by atoms with Crippen LogP contribution >= 0.6 is 15.9 Å². The summed E-state index contributed by atoms with van der Waals surface area (Å²) in [5.41, 5.74) is 9.85. The van der Waals surface area contributed by atoms with E-state index in [9.17, 15) is 0 Å². The van der Waals surface area contributed by atoms with Crippen LogP contribution in [0.5, 0.6) is 0 Å². The molecule has 0 aliphatic carbocycles. The topological polar surface area (TPSA) is 68.2 Å². The molecule has 0 aliphatic heterocycles. The highest BCUT2D eigenvalue weighted by atomic mass is 79.9. The maximum absolute atomic E-state index is 5.85. The molecule has 0 radical (unpaired) electrons. The zero-order valence-corrected chi connectivity index (χ0v) is 12.5. The molecule has 6 heteroatoms. The van der Waals surface area contributed by atoms with E-state index in [1.807, 2.05) is 31.3 Å². The molecule has 3 rings (SSSR count). The number of halogens is 1. The minimum Gasteiger partial charge on any atom is -0.397 e. The fraction of sp³-hybridized carbons (Fsp3) is 0.143. The largest absolute Gasteiger partial charge is 0.397 e. The van der Waals surface area contributed by atoms with Crippen molar-refractivity contribution < 1.29 is 4.63 Å². The number of anilines is 2. The van der Waals surface area contributed by atoms with Gasteiger partial charge in [0, 0.05) is 18.1 Å². The second-order valence-electron chi connectivity index (χ2n) is 4.62. The lowest BCUT2D eigenvalue weighted by molar-refractivity contribution is 0.315. The lowest BCUT2D eigenvalue weighted by atomic mass is 10.2. The van der Waals surface area contributed by atoms with E-state index >= 15 is 0 Å². The molecule has 0 bridgehead atoms. The van der Waals surface area contributed by atoms with Gasteiger partial charge in [0.2, 0.25) is 0 Å². The van der Waals surface area contributed by atoms with Gasteiger partial charge in [-0.2, -0.15) is 0 Å². The van der Waals surface area contributed by atoms with Gasteiger partial charge in [0.25, 0.3) is 0 Å². The van der Waals surface area contributed by atoms with Crippen LogP contribution in [-0.2, 0) is 6.54 Å². The van der Waals surface area contributed by atoms with Crippen LogP contribution in [0.1, 0.15) is 5.56 Å². The van der Waals surface area contributed by atoms with Crippen molar-refractivity contribution in [2.45, 2.75) is 6.54 Å². The molecule has 0 amide bonds. The van der Waals surface area contributed by atoms with Crippen LogP contribution < -0.4 is 10.6 Å². The highest BCUT2D eigenvalue weighted by Gasteiger charge is 2.13. The summed E-state index contributed by atoms with van der Waals surface area (Å²) in [6, 6.07) is 11.9.